The van der Waals surface area contributed by atoms with E-state index in [1.54, 1.807) is 0 Å². The lowest BCUT2D eigenvalue weighted by atomic mass is 10.2. The molecular weight excluding hydrogens is 108 g/mol. The highest BCUT2D eigenvalue weighted by molar-refractivity contribution is 5.32. The van der Waals surface area contributed by atoms with Gasteiger partial charge in [0.05, 0.1) is 0 Å². The zero-order valence-electron chi connectivity index (χ0n) is 6.02. The quantitative estimate of drug-likeness (QED) is 0.499. The predicted octanol–water partition coefficient (Wildman–Crippen LogP) is 2.84. The molecule has 9 heavy (non-hydrogen) atoms. The molecule has 48 valence electrons. The lowest BCUT2D eigenvalue weighted by Crippen LogP contribution is -1.70. The lowest BCUT2D eigenvalue weighted by Gasteiger charge is -1.91. The molecule has 0 aromatic heterocycles. The largest absolute Gasteiger partial charge is 0.0801 e. The molecule has 0 nitrogen and oxygen atoms in total. The van der Waals surface area contributed by atoms with E-state index in [1.165, 1.54) is 11.1 Å². The molecule has 0 fully saturated rings. The molecule has 0 heteroatoms. The average molecular weight is 120 g/mol. The predicted molar refractivity (Wildman–Crippen MR) is 41.3 cm³/mol. The van der Waals surface area contributed by atoms with Crippen molar-refractivity contribution < 1.29 is 0 Å². The molecule has 0 amide bonds. The third-order valence-corrected chi connectivity index (χ3v) is 1.27. The lowest BCUT2D eigenvalue weighted by molar-refractivity contribution is 1.28. The summed E-state index contributed by atoms with van der Waals surface area (Å²) in [6.45, 7) is 4.25. The Balaban J connectivity index is 2.57. The summed E-state index contributed by atoms with van der Waals surface area (Å²) in [7, 11) is 0. The van der Waals surface area contributed by atoms with Gasteiger partial charge in [0.25, 0.3) is 0 Å². The molecule has 0 aliphatic heterocycles. The summed E-state index contributed by atoms with van der Waals surface area (Å²) in [6.07, 6.45) is 9.78. The van der Waals surface area contributed by atoms with Crippen LogP contribution in [0, 0.1) is 0 Å². The molecule has 0 radical (unpaired) electrons. The van der Waals surface area contributed by atoms with E-state index in [0.29, 0.717) is 0 Å². The van der Waals surface area contributed by atoms with Crippen molar-refractivity contribution in [3.8, 4) is 0 Å². The molecule has 1 aliphatic carbocycles. The van der Waals surface area contributed by atoms with Crippen LogP contribution < -0.4 is 0 Å². The highest BCUT2D eigenvalue weighted by atomic mass is 14.0. The van der Waals surface area contributed by atoms with Crippen molar-refractivity contribution in [2.45, 2.75) is 20.3 Å². The molecule has 0 heterocycles. The summed E-state index contributed by atoms with van der Waals surface area (Å²) in [4.78, 5) is 0. The fourth-order valence-corrected chi connectivity index (χ4v) is 0.942. The second kappa shape index (κ2) is 2.67. The summed E-state index contributed by atoms with van der Waals surface area (Å²) < 4.78 is 0. The summed E-state index contributed by atoms with van der Waals surface area (Å²) in [5.41, 5.74) is 2.81. The van der Waals surface area contributed by atoms with Gasteiger partial charge in [0.2, 0.25) is 0 Å². The number of rotatable bonds is 1. The van der Waals surface area contributed by atoms with Gasteiger partial charge in [-0.2, -0.15) is 0 Å². The summed E-state index contributed by atoms with van der Waals surface area (Å²) in [6, 6.07) is 0. The van der Waals surface area contributed by atoms with Gasteiger partial charge < -0.3 is 0 Å². The van der Waals surface area contributed by atoms with Gasteiger partial charge in [-0.15, -0.1) is 0 Å². The van der Waals surface area contributed by atoms with Crippen LogP contribution in [0.25, 0.3) is 0 Å². The molecule has 0 aromatic rings. The Morgan fingerprint density at radius 3 is 2.78 bits per heavy atom. The first kappa shape index (κ1) is 6.34. The fraction of sp³-hybridized carbons (Fsp3) is 0.333. The zero-order chi connectivity index (χ0) is 6.69. The Kier molecular flexibility index (Phi) is 1.88. The van der Waals surface area contributed by atoms with E-state index in [0.717, 1.165) is 6.42 Å². The molecule has 0 N–H and O–H groups in total. The first-order chi connectivity index (χ1) is 4.29. The molecule has 0 saturated heterocycles. The third kappa shape index (κ3) is 1.88. The van der Waals surface area contributed by atoms with E-state index in [2.05, 4.69) is 38.2 Å². The van der Waals surface area contributed by atoms with Crippen molar-refractivity contribution in [2.75, 3.05) is 0 Å². The van der Waals surface area contributed by atoms with Crippen LogP contribution in [0.5, 0.6) is 0 Å². The van der Waals surface area contributed by atoms with Crippen molar-refractivity contribution in [1.29, 1.82) is 0 Å². The Morgan fingerprint density at radius 2 is 2.33 bits per heavy atom. The van der Waals surface area contributed by atoms with Crippen LogP contribution in [0.1, 0.15) is 20.3 Å². The van der Waals surface area contributed by atoms with Gasteiger partial charge in [0.1, 0.15) is 0 Å². The van der Waals surface area contributed by atoms with Gasteiger partial charge in [-0.1, -0.05) is 29.9 Å². The van der Waals surface area contributed by atoms with E-state index in [1.807, 2.05) is 0 Å². The van der Waals surface area contributed by atoms with Crippen LogP contribution in [0.15, 0.2) is 35.5 Å². The Bertz CT molecular complexity index is 176. The van der Waals surface area contributed by atoms with Crippen LogP contribution >= 0.6 is 0 Å². The van der Waals surface area contributed by atoms with Gasteiger partial charge in [-0.3, -0.25) is 0 Å². The Hall–Kier alpha value is -0.780. The third-order valence-electron chi connectivity index (χ3n) is 1.27. The number of allylic oxidation sites excluding steroid dienone is 6. The minimum absolute atomic E-state index is 1.12. The van der Waals surface area contributed by atoms with E-state index in [9.17, 15) is 0 Å². The molecule has 1 aliphatic rings. The molecule has 1 rings (SSSR count). The first-order valence-corrected chi connectivity index (χ1v) is 3.29. The van der Waals surface area contributed by atoms with Crippen LogP contribution in [-0.2, 0) is 0 Å². The Labute approximate surface area is 56.6 Å². The number of hydrogen-bond donors (Lipinski definition) is 0. The van der Waals surface area contributed by atoms with Crippen molar-refractivity contribution >= 4 is 0 Å². The second-order valence-corrected chi connectivity index (χ2v) is 2.60. The standard InChI is InChI=1S/C9H12/c1-8(2)7-9-5-3-4-6-9/h3-5,7H,6H2,1-2H3. The van der Waals surface area contributed by atoms with Crippen molar-refractivity contribution in [3.63, 3.8) is 0 Å². The van der Waals surface area contributed by atoms with Gasteiger partial charge in [-0.05, 0) is 25.8 Å². The summed E-state index contributed by atoms with van der Waals surface area (Å²) in [5, 5.41) is 0. The van der Waals surface area contributed by atoms with Gasteiger partial charge in [0, 0.05) is 0 Å². The minimum Gasteiger partial charge on any atom is -0.0801 e. The van der Waals surface area contributed by atoms with Gasteiger partial charge in [0.15, 0.2) is 0 Å². The minimum atomic E-state index is 1.12. The smallest absolute Gasteiger partial charge is 0.00943 e. The van der Waals surface area contributed by atoms with Crippen LogP contribution in [0.3, 0.4) is 0 Å². The van der Waals surface area contributed by atoms with E-state index >= 15 is 0 Å². The molecule has 0 saturated carbocycles. The maximum absolute atomic E-state index is 2.22. The van der Waals surface area contributed by atoms with Crippen LogP contribution in [-0.4, -0.2) is 0 Å². The Morgan fingerprint density at radius 1 is 1.56 bits per heavy atom. The zero-order valence-corrected chi connectivity index (χ0v) is 6.02. The maximum atomic E-state index is 2.22. The first-order valence-electron chi connectivity index (χ1n) is 3.29. The highest BCUT2D eigenvalue weighted by Gasteiger charge is 1.92. The topological polar surface area (TPSA) is 0 Å². The van der Waals surface area contributed by atoms with E-state index in [4.69, 9.17) is 0 Å². The number of hydrogen-bond acceptors (Lipinski definition) is 0. The summed E-state index contributed by atoms with van der Waals surface area (Å²) in [5.74, 6) is 0. The van der Waals surface area contributed by atoms with E-state index < -0.39 is 0 Å². The van der Waals surface area contributed by atoms with Gasteiger partial charge >= 0.3 is 0 Å². The molecule has 0 aromatic carbocycles. The second-order valence-electron chi connectivity index (χ2n) is 2.60. The average Bonchev–Trinajstić information content (AvgIpc) is 2.15. The molecule has 0 atom stereocenters. The van der Waals surface area contributed by atoms with Crippen LogP contribution in [0.4, 0.5) is 0 Å². The highest BCUT2D eigenvalue weighted by Crippen LogP contribution is 2.12. The van der Waals surface area contributed by atoms with E-state index in [-0.39, 0.29) is 0 Å². The van der Waals surface area contributed by atoms with Crippen molar-refractivity contribution in [1.82, 2.24) is 0 Å². The maximum Gasteiger partial charge on any atom is -0.00943 e. The molecular formula is C9H12. The van der Waals surface area contributed by atoms with Gasteiger partial charge in [-0.25, -0.2) is 0 Å². The molecule has 0 bridgehead atoms. The SMILES string of the molecule is CC(C)=CC1=CC=CC1. The molecule has 0 unspecified atom stereocenters. The monoisotopic (exact) mass is 120 g/mol. The van der Waals surface area contributed by atoms with Crippen molar-refractivity contribution in [3.05, 3.63) is 35.5 Å². The van der Waals surface area contributed by atoms with Crippen LogP contribution in [0.2, 0.25) is 0 Å². The van der Waals surface area contributed by atoms with Crippen molar-refractivity contribution in [2.24, 2.45) is 0 Å². The normalized spacial score (nSPS) is 15.6. The summed E-state index contributed by atoms with van der Waals surface area (Å²) >= 11 is 0. The fourth-order valence-electron chi connectivity index (χ4n) is 0.942. The molecule has 0 spiro atoms.